The molecule has 9 heteroatoms. The molecule has 86 valence electrons. The molecular weight excluding hydrogens is 283 g/mol. The first-order valence-corrected chi connectivity index (χ1v) is 6.29. The number of hydrogen-bond acceptors (Lipinski definition) is 5. The van der Waals surface area contributed by atoms with Crippen molar-refractivity contribution in [3.8, 4) is 0 Å². The first kappa shape index (κ1) is 11.9. The predicted molar refractivity (Wildman–Crippen MR) is 57.0 cm³/mol. The standard InChI is InChI=1S/C7H3ClF3N3S2/c1-15-6-14-4-2(16-6)3(8)12-5(13-4)7(9,10)11/h1H3. The van der Waals surface area contributed by atoms with Crippen LogP contribution in [0, 0.1) is 0 Å². The zero-order valence-corrected chi connectivity index (χ0v) is 10.1. The van der Waals surface area contributed by atoms with E-state index in [-0.39, 0.29) is 10.8 Å². The van der Waals surface area contributed by atoms with Gasteiger partial charge in [0.05, 0.1) is 0 Å². The zero-order valence-electron chi connectivity index (χ0n) is 7.67. The minimum atomic E-state index is -4.61. The van der Waals surface area contributed by atoms with Gasteiger partial charge in [0.2, 0.25) is 5.82 Å². The van der Waals surface area contributed by atoms with Crippen LogP contribution < -0.4 is 0 Å². The molecule has 2 rings (SSSR count). The Morgan fingerprint density at radius 1 is 1.25 bits per heavy atom. The van der Waals surface area contributed by atoms with Crippen LogP contribution in [0.25, 0.3) is 10.3 Å². The van der Waals surface area contributed by atoms with Crippen molar-refractivity contribution in [2.75, 3.05) is 6.26 Å². The third-order valence-corrected chi connectivity index (χ3v) is 4.04. The Bertz CT molecular complexity index is 539. The first-order chi connectivity index (χ1) is 7.41. The lowest BCUT2D eigenvalue weighted by Gasteiger charge is -2.03. The predicted octanol–water partition coefficient (Wildman–Crippen LogP) is 3.48. The Kier molecular flexibility index (Phi) is 2.97. The minimum Gasteiger partial charge on any atom is -0.211 e. The number of nitrogens with zero attached hydrogens (tertiary/aromatic N) is 3. The maximum Gasteiger partial charge on any atom is 0.451 e. The summed E-state index contributed by atoms with van der Waals surface area (Å²) < 4.78 is 38.1. The summed E-state index contributed by atoms with van der Waals surface area (Å²) in [7, 11) is 0. The van der Waals surface area contributed by atoms with E-state index in [2.05, 4.69) is 15.0 Å². The molecule has 3 nitrogen and oxygen atoms in total. The molecule has 0 radical (unpaired) electrons. The van der Waals surface area contributed by atoms with E-state index >= 15 is 0 Å². The molecule has 0 saturated heterocycles. The Hall–Kier alpha value is -0.600. The van der Waals surface area contributed by atoms with E-state index in [0.717, 1.165) is 0 Å². The molecule has 2 aromatic heterocycles. The van der Waals surface area contributed by atoms with E-state index in [0.29, 0.717) is 9.04 Å². The SMILES string of the molecule is CSc1nc2nc(C(F)(F)F)nc(Cl)c2s1. The zero-order chi connectivity index (χ0) is 11.9. The lowest BCUT2D eigenvalue weighted by Crippen LogP contribution is -2.11. The molecular formula is C7H3ClF3N3S2. The number of thioether (sulfide) groups is 1. The van der Waals surface area contributed by atoms with Gasteiger partial charge in [-0.05, 0) is 6.26 Å². The molecule has 0 bridgehead atoms. The molecule has 2 aromatic rings. The average molecular weight is 286 g/mol. The molecule has 0 aromatic carbocycles. The molecule has 0 fully saturated rings. The number of alkyl halides is 3. The number of halogens is 4. The summed E-state index contributed by atoms with van der Waals surface area (Å²) in [6.07, 6.45) is -2.84. The second-order valence-electron chi connectivity index (χ2n) is 2.67. The monoisotopic (exact) mass is 285 g/mol. The van der Waals surface area contributed by atoms with Gasteiger partial charge in [0.15, 0.2) is 15.1 Å². The van der Waals surface area contributed by atoms with Gasteiger partial charge in [-0.3, -0.25) is 0 Å². The highest BCUT2D eigenvalue weighted by molar-refractivity contribution is 8.00. The largest absolute Gasteiger partial charge is 0.451 e. The number of fused-ring (bicyclic) bond motifs is 1. The highest BCUT2D eigenvalue weighted by Crippen LogP contribution is 2.34. The fourth-order valence-corrected chi connectivity index (χ4v) is 2.65. The van der Waals surface area contributed by atoms with Gasteiger partial charge in [-0.15, -0.1) is 11.3 Å². The van der Waals surface area contributed by atoms with Crippen LogP contribution in [-0.4, -0.2) is 21.2 Å². The Labute approximate surface area is 101 Å². The average Bonchev–Trinajstić information content (AvgIpc) is 2.59. The van der Waals surface area contributed by atoms with E-state index in [1.807, 2.05) is 0 Å². The molecule has 0 unspecified atom stereocenters. The van der Waals surface area contributed by atoms with Crippen LogP contribution >= 0.6 is 34.7 Å². The fourth-order valence-electron chi connectivity index (χ4n) is 0.986. The van der Waals surface area contributed by atoms with Crippen LogP contribution in [0.5, 0.6) is 0 Å². The van der Waals surface area contributed by atoms with Crippen LogP contribution in [0.3, 0.4) is 0 Å². The molecule has 0 amide bonds. The summed E-state index contributed by atoms with van der Waals surface area (Å²) in [6.45, 7) is 0. The van der Waals surface area contributed by atoms with Crippen LogP contribution in [0.15, 0.2) is 4.34 Å². The molecule has 0 saturated carbocycles. The van der Waals surface area contributed by atoms with E-state index in [1.54, 1.807) is 6.26 Å². The summed E-state index contributed by atoms with van der Waals surface area (Å²) in [5, 5.41) is -0.213. The van der Waals surface area contributed by atoms with Gasteiger partial charge in [-0.25, -0.2) is 15.0 Å². The van der Waals surface area contributed by atoms with Gasteiger partial charge < -0.3 is 0 Å². The summed E-state index contributed by atoms with van der Waals surface area (Å²) in [5.74, 6) is -1.26. The van der Waals surface area contributed by atoms with E-state index in [1.165, 1.54) is 23.1 Å². The number of thiazole rings is 1. The lowest BCUT2D eigenvalue weighted by atomic mass is 10.5. The van der Waals surface area contributed by atoms with Gasteiger partial charge in [0.1, 0.15) is 4.70 Å². The lowest BCUT2D eigenvalue weighted by molar-refractivity contribution is -0.144. The quantitative estimate of drug-likeness (QED) is 0.594. The molecule has 16 heavy (non-hydrogen) atoms. The molecule has 0 aliphatic carbocycles. The van der Waals surface area contributed by atoms with Crippen LogP contribution in [0.1, 0.15) is 5.82 Å². The number of aromatic nitrogens is 3. The second kappa shape index (κ2) is 4.01. The maximum absolute atomic E-state index is 12.4. The highest BCUT2D eigenvalue weighted by Gasteiger charge is 2.36. The summed E-state index contributed by atoms with van der Waals surface area (Å²) >= 11 is 8.14. The van der Waals surface area contributed by atoms with Gasteiger partial charge in [0, 0.05) is 0 Å². The van der Waals surface area contributed by atoms with Gasteiger partial charge in [-0.1, -0.05) is 23.4 Å². The third-order valence-electron chi connectivity index (χ3n) is 1.62. The summed E-state index contributed by atoms with van der Waals surface area (Å²) in [6, 6.07) is 0. The Balaban J connectivity index is 2.67. The second-order valence-corrected chi connectivity index (χ2v) is 5.08. The molecule has 0 aliphatic rings. The molecule has 0 N–H and O–H groups in total. The Morgan fingerprint density at radius 2 is 1.94 bits per heavy atom. The van der Waals surface area contributed by atoms with Gasteiger partial charge in [0.25, 0.3) is 0 Å². The molecule has 0 aliphatic heterocycles. The first-order valence-electron chi connectivity index (χ1n) is 3.87. The van der Waals surface area contributed by atoms with Crippen molar-refractivity contribution in [2.24, 2.45) is 0 Å². The van der Waals surface area contributed by atoms with Gasteiger partial charge in [-0.2, -0.15) is 13.2 Å². The van der Waals surface area contributed by atoms with Crippen molar-refractivity contribution in [3.63, 3.8) is 0 Å². The summed E-state index contributed by atoms with van der Waals surface area (Å²) in [4.78, 5) is 10.5. The van der Waals surface area contributed by atoms with Crippen LogP contribution in [0.4, 0.5) is 13.2 Å². The molecule has 0 spiro atoms. The molecule has 0 atom stereocenters. The van der Waals surface area contributed by atoms with Gasteiger partial charge >= 0.3 is 6.18 Å². The van der Waals surface area contributed by atoms with E-state index in [9.17, 15) is 13.2 Å². The van der Waals surface area contributed by atoms with E-state index < -0.39 is 12.0 Å². The maximum atomic E-state index is 12.4. The Morgan fingerprint density at radius 3 is 2.50 bits per heavy atom. The fraction of sp³-hybridized carbons (Fsp3) is 0.286. The third kappa shape index (κ3) is 2.09. The number of hydrogen-bond donors (Lipinski definition) is 0. The van der Waals surface area contributed by atoms with Crippen LogP contribution in [-0.2, 0) is 6.18 Å². The van der Waals surface area contributed by atoms with Crippen molar-refractivity contribution in [3.05, 3.63) is 11.0 Å². The van der Waals surface area contributed by atoms with Crippen LogP contribution in [0.2, 0.25) is 5.15 Å². The van der Waals surface area contributed by atoms with E-state index in [4.69, 9.17) is 11.6 Å². The van der Waals surface area contributed by atoms with Crippen molar-refractivity contribution in [1.82, 2.24) is 15.0 Å². The smallest absolute Gasteiger partial charge is 0.211 e. The molecule has 2 heterocycles. The topological polar surface area (TPSA) is 38.7 Å². The highest BCUT2D eigenvalue weighted by atomic mass is 35.5. The van der Waals surface area contributed by atoms with Crippen molar-refractivity contribution in [2.45, 2.75) is 10.5 Å². The summed E-state index contributed by atoms with van der Waals surface area (Å²) in [5.41, 5.74) is -0.0123. The minimum absolute atomic E-state index is 0.0123. The van der Waals surface area contributed by atoms with Crippen molar-refractivity contribution in [1.29, 1.82) is 0 Å². The van der Waals surface area contributed by atoms with Crippen molar-refractivity contribution < 1.29 is 13.2 Å². The normalized spacial score (nSPS) is 12.3. The number of rotatable bonds is 1. The van der Waals surface area contributed by atoms with Crippen molar-refractivity contribution >= 4 is 45.0 Å².